The fraction of sp³-hybridized carbons (Fsp3) is 0.0625. The summed E-state index contributed by atoms with van der Waals surface area (Å²) in [5, 5.41) is 7.54. The topological polar surface area (TPSA) is 74.2 Å². The van der Waals surface area contributed by atoms with Gasteiger partial charge in [-0.2, -0.15) is 0 Å². The number of hydrogen-bond acceptors (Lipinski definition) is 6. The van der Waals surface area contributed by atoms with Crippen LogP contribution in [0.25, 0.3) is 22.6 Å². The molecule has 4 aromatic rings. The van der Waals surface area contributed by atoms with Gasteiger partial charge in [0.05, 0.1) is 0 Å². The number of benzene rings is 2. The number of para-hydroxylation sites is 2. The van der Waals surface area contributed by atoms with Crippen molar-refractivity contribution in [1.82, 2.24) is 15.2 Å². The van der Waals surface area contributed by atoms with Gasteiger partial charge >= 0.3 is 0 Å². The molecule has 2 aromatic heterocycles. The molecular formula is C16H11N3O3. The molecule has 108 valence electrons. The minimum absolute atomic E-state index is 0.252. The number of hydrogen-bond donors (Lipinski definition) is 0. The summed E-state index contributed by atoms with van der Waals surface area (Å²) >= 11 is 0. The molecule has 0 unspecified atom stereocenters. The largest absolute Gasteiger partial charge is 0.484 e. The van der Waals surface area contributed by atoms with Crippen LogP contribution in [0.15, 0.2) is 63.8 Å². The first-order chi connectivity index (χ1) is 10.9. The number of fused-ring (bicyclic) bond motifs is 1. The van der Waals surface area contributed by atoms with E-state index in [0.29, 0.717) is 17.5 Å². The lowest BCUT2D eigenvalue weighted by Crippen LogP contribution is -1.95. The number of rotatable bonds is 4. The average Bonchev–Trinajstić information content (AvgIpc) is 3.22. The lowest BCUT2D eigenvalue weighted by Gasteiger charge is -2.04. The van der Waals surface area contributed by atoms with Gasteiger partial charge in [0.15, 0.2) is 12.2 Å². The highest BCUT2D eigenvalue weighted by molar-refractivity contribution is 5.72. The third-order valence-corrected chi connectivity index (χ3v) is 3.14. The van der Waals surface area contributed by atoms with E-state index in [4.69, 9.17) is 13.6 Å². The quantitative estimate of drug-likeness (QED) is 0.573. The van der Waals surface area contributed by atoms with Gasteiger partial charge in [-0.1, -0.05) is 18.2 Å². The first-order valence-electron chi connectivity index (χ1n) is 6.72. The predicted octanol–water partition coefficient (Wildman–Crippen LogP) is 3.46. The highest BCUT2D eigenvalue weighted by Crippen LogP contribution is 2.23. The standard InChI is InChI=1S/C16H11N3O3/c1-2-7-14-13(6-1)18-15(22-14)9-20-12-5-3-4-11(8-12)16-19-17-10-21-16/h1-8,10H,9H2. The third-order valence-electron chi connectivity index (χ3n) is 3.14. The third kappa shape index (κ3) is 2.42. The van der Waals surface area contributed by atoms with Crippen LogP contribution < -0.4 is 4.74 Å². The fourth-order valence-corrected chi connectivity index (χ4v) is 2.14. The summed E-state index contributed by atoms with van der Waals surface area (Å²) < 4.78 is 16.5. The van der Waals surface area contributed by atoms with E-state index in [1.165, 1.54) is 6.39 Å². The van der Waals surface area contributed by atoms with Crippen LogP contribution in [0.4, 0.5) is 0 Å². The molecule has 2 aromatic carbocycles. The van der Waals surface area contributed by atoms with Gasteiger partial charge in [0.2, 0.25) is 18.2 Å². The van der Waals surface area contributed by atoms with Gasteiger partial charge in [0, 0.05) is 5.56 Å². The van der Waals surface area contributed by atoms with Crippen LogP contribution in [0, 0.1) is 0 Å². The Morgan fingerprint density at radius 3 is 2.86 bits per heavy atom. The summed E-state index contributed by atoms with van der Waals surface area (Å²) in [7, 11) is 0. The van der Waals surface area contributed by atoms with Crippen LogP contribution in [0.3, 0.4) is 0 Å². The Morgan fingerprint density at radius 2 is 2.00 bits per heavy atom. The van der Waals surface area contributed by atoms with Gasteiger partial charge in [-0.25, -0.2) is 4.98 Å². The van der Waals surface area contributed by atoms with Crippen LogP contribution in [-0.4, -0.2) is 15.2 Å². The van der Waals surface area contributed by atoms with E-state index in [1.54, 1.807) is 0 Å². The Bertz CT molecular complexity index is 867. The number of ether oxygens (including phenoxy) is 1. The Morgan fingerprint density at radius 1 is 1.05 bits per heavy atom. The molecule has 0 amide bonds. The molecule has 0 saturated carbocycles. The second-order valence-corrected chi connectivity index (χ2v) is 4.64. The van der Waals surface area contributed by atoms with E-state index in [1.807, 2.05) is 48.5 Å². The van der Waals surface area contributed by atoms with Crippen LogP contribution in [0.2, 0.25) is 0 Å². The zero-order valence-electron chi connectivity index (χ0n) is 11.5. The van der Waals surface area contributed by atoms with E-state index in [-0.39, 0.29) is 6.61 Å². The van der Waals surface area contributed by atoms with Gasteiger partial charge in [-0.05, 0) is 30.3 Å². The molecular weight excluding hydrogens is 282 g/mol. The van der Waals surface area contributed by atoms with E-state index in [0.717, 1.165) is 16.7 Å². The normalized spacial score (nSPS) is 10.9. The van der Waals surface area contributed by atoms with E-state index in [9.17, 15) is 0 Å². The van der Waals surface area contributed by atoms with Gasteiger partial charge in [-0.3, -0.25) is 0 Å². The van der Waals surface area contributed by atoms with Crippen molar-refractivity contribution in [1.29, 1.82) is 0 Å². The molecule has 6 nitrogen and oxygen atoms in total. The maximum absolute atomic E-state index is 5.71. The van der Waals surface area contributed by atoms with Crippen molar-refractivity contribution in [3.05, 3.63) is 60.8 Å². The molecule has 0 aliphatic rings. The monoisotopic (exact) mass is 293 g/mol. The lowest BCUT2D eigenvalue weighted by molar-refractivity contribution is 0.267. The zero-order valence-corrected chi connectivity index (χ0v) is 11.5. The molecule has 6 heteroatoms. The van der Waals surface area contributed by atoms with Crippen LogP contribution in [0.5, 0.6) is 5.75 Å². The average molecular weight is 293 g/mol. The Balaban J connectivity index is 1.53. The molecule has 0 bridgehead atoms. The summed E-state index contributed by atoms with van der Waals surface area (Å²) in [6.07, 6.45) is 1.29. The van der Waals surface area contributed by atoms with Gasteiger partial charge in [0.1, 0.15) is 11.3 Å². The smallest absolute Gasteiger partial charge is 0.247 e. The molecule has 0 saturated heterocycles. The van der Waals surface area contributed by atoms with Crippen molar-refractivity contribution in [2.45, 2.75) is 6.61 Å². The maximum Gasteiger partial charge on any atom is 0.247 e. The second-order valence-electron chi connectivity index (χ2n) is 4.64. The van der Waals surface area contributed by atoms with Crippen molar-refractivity contribution in [2.75, 3.05) is 0 Å². The summed E-state index contributed by atoms with van der Waals surface area (Å²) in [5.41, 5.74) is 2.37. The molecule has 0 aliphatic heterocycles. The number of oxazole rings is 1. The first kappa shape index (κ1) is 12.6. The summed E-state index contributed by atoms with van der Waals surface area (Å²) in [6.45, 7) is 0.252. The molecule has 0 atom stereocenters. The SMILES string of the molecule is c1cc(OCc2nc3ccccc3o2)cc(-c2nnco2)c1. The van der Waals surface area contributed by atoms with Gasteiger partial charge in [0.25, 0.3) is 0 Å². The van der Waals surface area contributed by atoms with Crippen molar-refractivity contribution >= 4 is 11.1 Å². The lowest BCUT2D eigenvalue weighted by atomic mass is 10.2. The Hall–Kier alpha value is -3.15. The summed E-state index contributed by atoms with van der Waals surface area (Å²) in [6, 6.07) is 15.0. The number of aromatic nitrogens is 3. The first-order valence-corrected chi connectivity index (χ1v) is 6.72. The molecule has 4 rings (SSSR count). The zero-order chi connectivity index (χ0) is 14.8. The summed E-state index contributed by atoms with van der Waals surface area (Å²) in [4.78, 5) is 4.37. The summed E-state index contributed by atoms with van der Waals surface area (Å²) in [5.74, 6) is 1.66. The fourth-order valence-electron chi connectivity index (χ4n) is 2.14. The van der Waals surface area contributed by atoms with Crippen molar-refractivity contribution in [3.63, 3.8) is 0 Å². The number of nitrogens with zero attached hydrogens (tertiary/aromatic N) is 3. The highest BCUT2D eigenvalue weighted by Gasteiger charge is 2.08. The van der Waals surface area contributed by atoms with Crippen molar-refractivity contribution in [2.24, 2.45) is 0 Å². The van der Waals surface area contributed by atoms with E-state index < -0.39 is 0 Å². The van der Waals surface area contributed by atoms with Crippen LogP contribution in [0.1, 0.15) is 5.89 Å². The highest BCUT2D eigenvalue weighted by atomic mass is 16.5. The van der Waals surface area contributed by atoms with Gasteiger partial charge < -0.3 is 13.6 Å². The minimum atomic E-state index is 0.252. The minimum Gasteiger partial charge on any atom is -0.484 e. The molecule has 0 N–H and O–H groups in total. The molecule has 22 heavy (non-hydrogen) atoms. The van der Waals surface area contributed by atoms with Gasteiger partial charge in [-0.15, -0.1) is 10.2 Å². The molecule has 0 fully saturated rings. The maximum atomic E-state index is 5.71. The Kier molecular flexibility index (Phi) is 3.05. The van der Waals surface area contributed by atoms with Crippen LogP contribution in [-0.2, 0) is 6.61 Å². The molecule has 0 radical (unpaired) electrons. The second kappa shape index (κ2) is 5.33. The van der Waals surface area contributed by atoms with E-state index >= 15 is 0 Å². The molecule has 0 spiro atoms. The van der Waals surface area contributed by atoms with Crippen molar-refractivity contribution in [3.8, 4) is 17.2 Å². The van der Waals surface area contributed by atoms with E-state index in [2.05, 4.69) is 15.2 Å². The van der Waals surface area contributed by atoms with Crippen molar-refractivity contribution < 1.29 is 13.6 Å². The predicted molar refractivity (Wildman–Crippen MR) is 78.1 cm³/mol. The van der Waals surface area contributed by atoms with Crippen LogP contribution >= 0.6 is 0 Å². The molecule has 0 aliphatic carbocycles. The Labute approximate surface area is 125 Å². The molecule has 2 heterocycles.